The second kappa shape index (κ2) is 6.78. The van der Waals surface area contributed by atoms with Gasteiger partial charge < -0.3 is 15.8 Å². The molecule has 2 aliphatic heterocycles. The second-order valence-corrected chi connectivity index (χ2v) is 7.88. The van der Waals surface area contributed by atoms with Crippen LogP contribution in [0.4, 0.5) is 11.4 Å². The van der Waals surface area contributed by atoms with Gasteiger partial charge in [-0.2, -0.15) is 5.26 Å². The summed E-state index contributed by atoms with van der Waals surface area (Å²) in [5.74, 6) is -1.29. The number of hydrogen-bond acceptors (Lipinski definition) is 7. The third kappa shape index (κ3) is 2.50. The molecule has 2 unspecified atom stereocenters. The molecule has 3 aliphatic rings. The van der Waals surface area contributed by atoms with Crippen molar-refractivity contribution < 1.29 is 19.2 Å². The molecule has 0 radical (unpaired) electrons. The van der Waals surface area contributed by atoms with E-state index in [0.717, 1.165) is 5.56 Å². The number of allylic oxidation sites excluding steroid dienone is 1. The van der Waals surface area contributed by atoms with Crippen LogP contribution in [0, 0.1) is 21.4 Å². The molecular formula is C23H16N4O5. The Labute approximate surface area is 181 Å². The molecular weight excluding hydrogens is 412 g/mol. The average molecular weight is 428 g/mol. The normalized spacial score (nSPS) is 23.9. The first-order chi connectivity index (χ1) is 15.4. The van der Waals surface area contributed by atoms with Gasteiger partial charge in [0.05, 0.1) is 10.5 Å². The molecule has 1 amide bonds. The molecule has 2 aromatic rings. The fourth-order valence-corrected chi connectivity index (χ4v) is 4.88. The number of anilines is 1. The van der Waals surface area contributed by atoms with Crippen molar-refractivity contribution in [2.75, 3.05) is 5.32 Å². The molecule has 158 valence electrons. The molecule has 3 N–H and O–H groups in total. The number of non-ortho nitro benzene ring substituents is 1. The van der Waals surface area contributed by atoms with E-state index in [1.165, 1.54) is 18.2 Å². The van der Waals surface area contributed by atoms with Crippen molar-refractivity contribution >= 4 is 23.1 Å². The predicted molar refractivity (Wildman–Crippen MR) is 112 cm³/mol. The zero-order valence-corrected chi connectivity index (χ0v) is 16.6. The maximum atomic E-state index is 13.5. The van der Waals surface area contributed by atoms with Gasteiger partial charge >= 0.3 is 0 Å². The smallest absolute Gasteiger partial charge is 0.269 e. The number of nitrogens with one attached hydrogen (secondary N) is 1. The zero-order valence-electron chi connectivity index (χ0n) is 16.6. The number of ketones is 1. The number of nitriles is 1. The number of rotatable bonds is 2. The molecule has 0 bridgehead atoms. The van der Waals surface area contributed by atoms with Gasteiger partial charge in [-0.1, -0.05) is 30.3 Å². The fraction of sp³-hybridized carbons (Fsp3) is 0.174. The lowest BCUT2D eigenvalue weighted by Crippen LogP contribution is -2.47. The van der Waals surface area contributed by atoms with Crippen molar-refractivity contribution in [2.45, 2.75) is 24.2 Å². The van der Waals surface area contributed by atoms with Gasteiger partial charge in [0.1, 0.15) is 22.8 Å². The van der Waals surface area contributed by atoms with Crippen LogP contribution in [0.1, 0.15) is 29.9 Å². The number of nitrogens with two attached hydrogens (primary N) is 1. The summed E-state index contributed by atoms with van der Waals surface area (Å²) in [5, 5.41) is 24.0. The zero-order chi connectivity index (χ0) is 22.6. The Bertz CT molecular complexity index is 1320. The molecule has 9 nitrogen and oxygen atoms in total. The Morgan fingerprint density at radius 1 is 1.19 bits per heavy atom. The largest absolute Gasteiger partial charge is 0.444 e. The monoisotopic (exact) mass is 428 g/mol. The van der Waals surface area contributed by atoms with E-state index in [1.54, 1.807) is 0 Å². The topological polar surface area (TPSA) is 148 Å². The molecule has 2 aromatic carbocycles. The van der Waals surface area contributed by atoms with Crippen molar-refractivity contribution in [3.63, 3.8) is 0 Å². The van der Waals surface area contributed by atoms with Crippen molar-refractivity contribution in [1.29, 1.82) is 5.26 Å². The van der Waals surface area contributed by atoms with E-state index >= 15 is 0 Å². The van der Waals surface area contributed by atoms with Gasteiger partial charge in [-0.3, -0.25) is 19.7 Å². The van der Waals surface area contributed by atoms with Gasteiger partial charge in [-0.25, -0.2) is 0 Å². The van der Waals surface area contributed by atoms with Crippen LogP contribution < -0.4 is 11.1 Å². The third-order valence-electron chi connectivity index (χ3n) is 6.24. The van der Waals surface area contributed by atoms with Crippen molar-refractivity contribution in [2.24, 2.45) is 5.73 Å². The minimum absolute atomic E-state index is 0.0205. The maximum Gasteiger partial charge on any atom is 0.269 e. The van der Waals surface area contributed by atoms with E-state index in [2.05, 4.69) is 5.32 Å². The Balaban J connectivity index is 1.76. The first-order valence-electron chi connectivity index (χ1n) is 9.88. The highest BCUT2D eigenvalue weighted by molar-refractivity contribution is 6.19. The molecule has 2 heterocycles. The summed E-state index contributed by atoms with van der Waals surface area (Å²) in [7, 11) is 0. The molecule has 0 saturated heterocycles. The lowest BCUT2D eigenvalue weighted by Gasteiger charge is -2.38. The van der Waals surface area contributed by atoms with E-state index in [-0.39, 0.29) is 57.8 Å². The molecule has 32 heavy (non-hydrogen) atoms. The number of carbonyl (C=O) groups is 2. The molecule has 9 heteroatoms. The number of fused-ring (bicyclic) bond motifs is 3. The van der Waals surface area contributed by atoms with Gasteiger partial charge in [0.25, 0.3) is 5.69 Å². The van der Waals surface area contributed by atoms with Crippen molar-refractivity contribution in [3.8, 4) is 6.07 Å². The van der Waals surface area contributed by atoms with Gasteiger partial charge in [-0.05, 0) is 17.5 Å². The highest BCUT2D eigenvalue weighted by atomic mass is 16.6. The van der Waals surface area contributed by atoms with E-state index in [9.17, 15) is 25.0 Å². The number of carbonyl (C=O) groups excluding carboxylic acids is 2. The Morgan fingerprint density at radius 2 is 1.94 bits per heavy atom. The van der Waals surface area contributed by atoms with Crippen LogP contribution in [0.15, 0.2) is 71.3 Å². The van der Waals surface area contributed by atoms with Crippen LogP contribution >= 0.6 is 0 Å². The summed E-state index contributed by atoms with van der Waals surface area (Å²) in [6, 6.07) is 15.2. The molecule has 0 fully saturated rings. The van der Waals surface area contributed by atoms with E-state index in [0.29, 0.717) is 6.42 Å². The van der Waals surface area contributed by atoms with E-state index in [1.807, 2.05) is 36.4 Å². The molecule has 1 aliphatic carbocycles. The molecule has 0 aromatic heterocycles. The average Bonchev–Trinajstić information content (AvgIpc) is 3.05. The minimum Gasteiger partial charge on any atom is -0.444 e. The van der Waals surface area contributed by atoms with Crippen LogP contribution in [0.25, 0.3) is 0 Å². The fourth-order valence-electron chi connectivity index (χ4n) is 4.88. The number of ether oxygens (including phenoxy) is 1. The summed E-state index contributed by atoms with van der Waals surface area (Å²) in [6.45, 7) is 0. The maximum absolute atomic E-state index is 13.5. The highest BCUT2D eigenvalue weighted by Crippen LogP contribution is 2.55. The van der Waals surface area contributed by atoms with E-state index < -0.39 is 16.2 Å². The van der Waals surface area contributed by atoms with Gasteiger partial charge in [0.2, 0.25) is 11.8 Å². The van der Waals surface area contributed by atoms with Gasteiger partial charge in [0, 0.05) is 36.2 Å². The molecule has 5 rings (SSSR count). The minimum atomic E-state index is -1.88. The number of benzene rings is 2. The van der Waals surface area contributed by atoms with Gasteiger partial charge in [0.15, 0.2) is 5.78 Å². The van der Waals surface area contributed by atoms with Gasteiger partial charge in [-0.15, -0.1) is 0 Å². The summed E-state index contributed by atoms with van der Waals surface area (Å²) < 4.78 is 5.72. The van der Waals surface area contributed by atoms with Crippen molar-refractivity contribution in [3.05, 3.63) is 92.6 Å². The standard InChI is InChI=1S/C23H16N4O5/c24-11-16-21(25)32-19-9-13(12-4-2-1-3-5-12)8-18(28)20(19)23(16)15-10-14(27(30)31)6-7-17(15)26-22(23)29/h1-7,10,13H,8-9,25H2,(H,26,29). The number of nitrogens with zero attached hydrogens (tertiary/aromatic N) is 2. The van der Waals surface area contributed by atoms with Crippen molar-refractivity contribution in [1.82, 2.24) is 0 Å². The number of hydrogen-bond donors (Lipinski definition) is 2. The van der Waals surface area contributed by atoms with Crippen LogP contribution in [0.5, 0.6) is 0 Å². The Kier molecular flexibility index (Phi) is 4.14. The third-order valence-corrected chi connectivity index (χ3v) is 6.24. The Morgan fingerprint density at radius 3 is 2.62 bits per heavy atom. The number of nitro groups is 1. The van der Waals surface area contributed by atoms with Crippen LogP contribution in [0.3, 0.4) is 0 Å². The predicted octanol–water partition coefficient (Wildman–Crippen LogP) is 2.91. The second-order valence-electron chi connectivity index (χ2n) is 7.88. The first kappa shape index (κ1) is 19.5. The summed E-state index contributed by atoms with van der Waals surface area (Å²) in [4.78, 5) is 37.7. The number of nitro benzene ring substituents is 1. The van der Waals surface area contributed by atoms with Crippen LogP contribution in [-0.2, 0) is 19.7 Å². The summed E-state index contributed by atoms with van der Waals surface area (Å²) in [6.07, 6.45) is 0.397. The number of amides is 1. The first-order valence-corrected chi connectivity index (χ1v) is 9.88. The molecule has 0 saturated carbocycles. The number of Topliss-reactive ketones (excluding diaryl/α,β-unsaturated/α-hetero) is 1. The van der Waals surface area contributed by atoms with E-state index in [4.69, 9.17) is 10.5 Å². The lowest BCUT2D eigenvalue weighted by atomic mass is 9.63. The SMILES string of the molecule is N#CC1=C(N)OC2=C(C(=O)CC(c3ccccc3)C2)C12C(=O)Nc1ccc([N+](=O)[O-])cc12. The Hall–Kier alpha value is -4.45. The van der Waals surface area contributed by atoms with Crippen LogP contribution in [-0.4, -0.2) is 16.6 Å². The molecule has 2 atom stereocenters. The summed E-state index contributed by atoms with van der Waals surface area (Å²) in [5.41, 5.74) is 5.06. The lowest BCUT2D eigenvalue weighted by molar-refractivity contribution is -0.384. The highest BCUT2D eigenvalue weighted by Gasteiger charge is 2.60. The van der Waals surface area contributed by atoms with Crippen LogP contribution in [0.2, 0.25) is 0 Å². The molecule has 1 spiro atoms. The quantitative estimate of drug-likeness (QED) is 0.552. The summed E-state index contributed by atoms with van der Waals surface area (Å²) >= 11 is 0.